The molecule has 1 amide bonds. The molecule has 1 N–H and O–H groups in total. The normalized spacial score (nSPS) is 11.0. The van der Waals surface area contributed by atoms with Gasteiger partial charge in [0, 0.05) is 60.1 Å². The molecule has 0 aliphatic rings. The van der Waals surface area contributed by atoms with Crippen LogP contribution in [-0.4, -0.2) is 24.6 Å². The lowest BCUT2D eigenvalue weighted by Crippen LogP contribution is -2.22. The number of carbonyl (C=O) groups excluding carboxylic acids is 1. The first-order valence-electron chi connectivity index (χ1n) is 10.7. The molecule has 0 radical (unpaired) electrons. The molecule has 0 bridgehead atoms. The van der Waals surface area contributed by atoms with E-state index in [0.29, 0.717) is 12.1 Å². The number of carbonyl (C=O) groups is 1. The third-order valence-corrected chi connectivity index (χ3v) is 6.31. The van der Waals surface area contributed by atoms with Crippen molar-refractivity contribution in [2.45, 2.75) is 26.9 Å². The number of anilines is 1. The molecule has 4 rings (SSSR count). The van der Waals surface area contributed by atoms with Crippen molar-refractivity contribution in [2.75, 3.05) is 19.0 Å². The lowest BCUT2D eigenvalue weighted by Gasteiger charge is -2.13. The van der Waals surface area contributed by atoms with Gasteiger partial charge in [0.2, 0.25) is 0 Å². The Kier molecular flexibility index (Phi) is 6.24. The topological polar surface area (TPSA) is 37.3 Å². The molecule has 0 atom stereocenters. The van der Waals surface area contributed by atoms with Gasteiger partial charge in [-0.2, -0.15) is 0 Å². The van der Waals surface area contributed by atoms with Crippen LogP contribution in [0, 0.1) is 13.8 Å². The number of halogens is 1. The molecule has 0 unspecified atom stereocenters. The van der Waals surface area contributed by atoms with E-state index >= 15 is 0 Å². The Labute approximate surface area is 194 Å². The smallest absolute Gasteiger partial charge is 0.251 e. The molecule has 0 fully saturated rings. The highest BCUT2D eigenvalue weighted by molar-refractivity contribution is 6.30. The molecule has 4 nitrogen and oxygen atoms in total. The maximum atomic E-state index is 12.8. The number of fused-ring (bicyclic) bond motifs is 1. The van der Waals surface area contributed by atoms with Crippen molar-refractivity contribution < 1.29 is 4.79 Å². The number of rotatable bonds is 6. The summed E-state index contributed by atoms with van der Waals surface area (Å²) in [6.45, 7) is 5.51. The zero-order valence-corrected chi connectivity index (χ0v) is 19.7. The fourth-order valence-corrected chi connectivity index (χ4v) is 4.09. The Morgan fingerprint density at radius 1 is 0.938 bits per heavy atom. The van der Waals surface area contributed by atoms with Gasteiger partial charge in [-0.3, -0.25) is 4.79 Å². The van der Waals surface area contributed by atoms with Crippen LogP contribution >= 0.6 is 11.6 Å². The second kappa shape index (κ2) is 9.09. The maximum absolute atomic E-state index is 12.8. The molecule has 5 heteroatoms. The Bertz CT molecular complexity index is 1260. The Morgan fingerprint density at radius 3 is 2.25 bits per heavy atom. The van der Waals surface area contributed by atoms with Gasteiger partial charge in [0.25, 0.3) is 5.91 Å². The van der Waals surface area contributed by atoms with Crippen molar-refractivity contribution in [3.63, 3.8) is 0 Å². The van der Waals surface area contributed by atoms with Crippen molar-refractivity contribution in [3.05, 3.63) is 99.7 Å². The quantitative estimate of drug-likeness (QED) is 0.397. The van der Waals surface area contributed by atoms with Crippen LogP contribution in [0.3, 0.4) is 0 Å². The number of hydrogen-bond donors (Lipinski definition) is 1. The van der Waals surface area contributed by atoms with E-state index < -0.39 is 0 Å². The van der Waals surface area contributed by atoms with Gasteiger partial charge in [-0.05, 0) is 73.0 Å². The Balaban J connectivity index is 1.53. The first kappa shape index (κ1) is 22.0. The molecule has 3 aromatic carbocycles. The fraction of sp³-hybridized carbons (Fsp3) is 0.222. The standard InChI is InChI=1S/C27H28ClN3O/c1-18-19(2)31(17-21-5-10-23(28)11-6-21)26-14-9-22(15-25(18)26)27(32)29-16-20-7-12-24(13-8-20)30(3)4/h5-15H,16-17H2,1-4H3,(H,29,32). The largest absolute Gasteiger partial charge is 0.378 e. The van der Waals surface area contributed by atoms with E-state index in [-0.39, 0.29) is 5.91 Å². The lowest BCUT2D eigenvalue weighted by atomic mass is 10.1. The molecule has 164 valence electrons. The van der Waals surface area contributed by atoms with Crippen LogP contribution in [0.4, 0.5) is 5.69 Å². The van der Waals surface area contributed by atoms with E-state index in [0.717, 1.165) is 33.7 Å². The third kappa shape index (κ3) is 4.51. The van der Waals surface area contributed by atoms with E-state index in [1.54, 1.807) is 0 Å². The molecule has 0 saturated heterocycles. The van der Waals surface area contributed by atoms with Crippen LogP contribution < -0.4 is 10.2 Å². The minimum atomic E-state index is -0.0638. The average Bonchev–Trinajstić information content (AvgIpc) is 3.03. The SMILES string of the molecule is Cc1c(C)n(Cc2ccc(Cl)cc2)c2ccc(C(=O)NCc3ccc(N(C)C)cc3)cc12. The molecule has 0 spiro atoms. The van der Waals surface area contributed by atoms with Crippen LogP contribution in [-0.2, 0) is 13.1 Å². The fourth-order valence-electron chi connectivity index (χ4n) is 3.96. The van der Waals surface area contributed by atoms with Gasteiger partial charge in [-0.25, -0.2) is 0 Å². The Morgan fingerprint density at radius 2 is 1.59 bits per heavy atom. The molecular formula is C27H28ClN3O. The summed E-state index contributed by atoms with van der Waals surface area (Å²) in [7, 11) is 4.03. The van der Waals surface area contributed by atoms with Crippen LogP contribution in [0.1, 0.15) is 32.7 Å². The van der Waals surface area contributed by atoms with Gasteiger partial charge in [0.15, 0.2) is 0 Å². The zero-order chi connectivity index (χ0) is 22.8. The number of nitrogens with zero attached hydrogens (tertiary/aromatic N) is 2. The van der Waals surface area contributed by atoms with E-state index in [2.05, 4.69) is 52.9 Å². The molecule has 1 heterocycles. The highest BCUT2D eigenvalue weighted by atomic mass is 35.5. The van der Waals surface area contributed by atoms with Crippen LogP contribution in [0.5, 0.6) is 0 Å². The summed E-state index contributed by atoms with van der Waals surface area (Å²) in [4.78, 5) is 14.9. The number of aromatic nitrogens is 1. The van der Waals surface area contributed by atoms with Crippen molar-refractivity contribution in [1.29, 1.82) is 0 Å². The van der Waals surface area contributed by atoms with Crippen molar-refractivity contribution in [3.8, 4) is 0 Å². The van der Waals surface area contributed by atoms with Gasteiger partial charge < -0.3 is 14.8 Å². The van der Waals surface area contributed by atoms with Crippen molar-refractivity contribution in [2.24, 2.45) is 0 Å². The third-order valence-electron chi connectivity index (χ3n) is 6.06. The zero-order valence-electron chi connectivity index (χ0n) is 18.9. The summed E-state index contributed by atoms with van der Waals surface area (Å²) < 4.78 is 2.29. The monoisotopic (exact) mass is 445 g/mol. The van der Waals surface area contributed by atoms with Crippen LogP contribution in [0.25, 0.3) is 10.9 Å². The predicted molar refractivity (Wildman–Crippen MR) is 134 cm³/mol. The van der Waals surface area contributed by atoms with Gasteiger partial charge in [-0.1, -0.05) is 35.9 Å². The minimum absolute atomic E-state index is 0.0638. The number of hydrogen-bond acceptors (Lipinski definition) is 2. The summed E-state index contributed by atoms with van der Waals surface area (Å²) in [5, 5.41) is 4.89. The number of nitrogens with one attached hydrogen (secondary N) is 1. The second-order valence-corrected chi connectivity index (χ2v) is 8.83. The lowest BCUT2D eigenvalue weighted by molar-refractivity contribution is 0.0951. The summed E-state index contributed by atoms with van der Waals surface area (Å²) in [6.07, 6.45) is 0. The molecule has 4 aromatic rings. The first-order valence-corrected chi connectivity index (χ1v) is 11.1. The molecule has 1 aromatic heterocycles. The number of amides is 1. The summed E-state index contributed by atoms with van der Waals surface area (Å²) in [6, 6.07) is 22.1. The van der Waals surface area contributed by atoms with Crippen molar-refractivity contribution in [1.82, 2.24) is 9.88 Å². The molecule has 0 aliphatic carbocycles. The van der Waals surface area contributed by atoms with E-state index in [9.17, 15) is 4.79 Å². The van der Waals surface area contributed by atoms with Crippen molar-refractivity contribution >= 4 is 34.1 Å². The average molecular weight is 446 g/mol. The maximum Gasteiger partial charge on any atom is 0.251 e. The predicted octanol–water partition coefficient (Wildman–Crippen LogP) is 5.96. The van der Waals surface area contributed by atoms with Gasteiger partial charge >= 0.3 is 0 Å². The number of benzene rings is 3. The van der Waals surface area contributed by atoms with E-state index in [1.165, 1.54) is 16.8 Å². The summed E-state index contributed by atoms with van der Waals surface area (Å²) >= 11 is 6.03. The van der Waals surface area contributed by atoms with E-state index in [1.807, 2.05) is 56.6 Å². The van der Waals surface area contributed by atoms with Crippen LogP contribution in [0.2, 0.25) is 5.02 Å². The molecule has 0 aliphatic heterocycles. The van der Waals surface area contributed by atoms with Gasteiger partial charge in [0.05, 0.1) is 0 Å². The second-order valence-electron chi connectivity index (χ2n) is 8.40. The first-order chi connectivity index (χ1) is 15.3. The molecule has 0 saturated carbocycles. The minimum Gasteiger partial charge on any atom is -0.378 e. The van der Waals surface area contributed by atoms with Crippen LogP contribution in [0.15, 0.2) is 66.7 Å². The van der Waals surface area contributed by atoms with E-state index in [4.69, 9.17) is 11.6 Å². The number of aryl methyl sites for hydroxylation is 1. The van der Waals surface area contributed by atoms with Gasteiger partial charge in [0.1, 0.15) is 0 Å². The molecular weight excluding hydrogens is 418 g/mol. The highest BCUT2D eigenvalue weighted by Crippen LogP contribution is 2.27. The highest BCUT2D eigenvalue weighted by Gasteiger charge is 2.14. The summed E-state index contributed by atoms with van der Waals surface area (Å²) in [5.41, 5.74) is 7.61. The Hall–Kier alpha value is -3.24. The van der Waals surface area contributed by atoms with Gasteiger partial charge in [-0.15, -0.1) is 0 Å². The molecule has 32 heavy (non-hydrogen) atoms. The summed E-state index contributed by atoms with van der Waals surface area (Å²) in [5.74, 6) is -0.0638.